The third-order valence-electron chi connectivity index (χ3n) is 1.82. The van der Waals surface area contributed by atoms with Gasteiger partial charge in [-0.2, -0.15) is 5.26 Å². The monoisotopic (exact) mass is 212 g/mol. The highest BCUT2D eigenvalue weighted by molar-refractivity contribution is 6.32. The summed E-state index contributed by atoms with van der Waals surface area (Å²) in [6, 6.07) is 1.81. The number of methoxy groups -OCH3 is 1. The van der Waals surface area contributed by atoms with E-state index in [4.69, 9.17) is 21.6 Å². The van der Waals surface area contributed by atoms with Crippen molar-refractivity contribution in [1.29, 1.82) is 5.26 Å². The topological polar surface area (TPSA) is 65.9 Å². The van der Waals surface area contributed by atoms with Crippen molar-refractivity contribution >= 4 is 11.6 Å². The number of ether oxygens (including phenoxy) is 1. The van der Waals surface area contributed by atoms with Crippen LogP contribution in [0, 0.1) is 18.3 Å². The van der Waals surface area contributed by atoms with E-state index in [1.165, 1.54) is 7.11 Å². The van der Waals surface area contributed by atoms with Gasteiger partial charge < -0.3 is 9.72 Å². The zero-order valence-corrected chi connectivity index (χ0v) is 8.60. The molecule has 0 atom stereocenters. The fourth-order valence-corrected chi connectivity index (χ4v) is 1.36. The van der Waals surface area contributed by atoms with Gasteiger partial charge in [-0.05, 0) is 6.92 Å². The minimum Gasteiger partial charge on any atom is -0.380 e. The van der Waals surface area contributed by atoms with E-state index in [0.717, 1.165) is 0 Å². The summed E-state index contributed by atoms with van der Waals surface area (Å²) >= 11 is 5.93. The van der Waals surface area contributed by atoms with Gasteiger partial charge in [0.25, 0.3) is 5.56 Å². The molecule has 1 rings (SSSR count). The molecule has 0 aromatic carbocycles. The molecule has 0 unspecified atom stereocenters. The van der Waals surface area contributed by atoms with Crippen molar-refractivity contribution in [3.05, 3.63) is 32.2 Å². The third kappa shape index (κ3) is 1.79. The zero-order chi connectivity index (χ0) is 10.7. The van der Waals surface area contributed by atoms with Crippen molar-refractivity contribution in [1.82, 2.24) is 4.98 Å². The van der Waals surface area contributed by atoms with Gasteiger partial charge in [-0.1, -0.05) is 11.6 Å². The number of aryl methyl sites for hydroxylation is 1. The van der Waals surface area contributed by atoms with Gasteiger partial charge in [0.2, 0.25) is 0 Å². The molecule has 1 aromatic rings. The Morgan fingerprint density at radius 1 is 1.64 bits per heavy atom. The first-order valence-corrected chi connectivity index (χ1v) is 4.30. The fraction of sp³-hybridized carbons (Fsp3) is 0.333. The van der Waals surface area contributed by atoms with E-state index < -0.39 is 5.56 Å². The van der Waals surface area contributed by atoms with E-state index in [1.807, 2.05) is 6.07 Å². The van der Waals surface area contributed by atoms with E-state index in [0.29, 0.717) is 16.3 Å². The quantitative estimate of drug-likeness (QED) is 0.805. The predicted octanol–water partition coefficient (Wildman–Crippen LogP) is 1.35. The van der Waals surface area contributed by atoms with Crippen LogP contribution in [-0.2, 0) is 11.3 Å². The molecular formula is C9H9ClN2O2. The van der Waals surface area contributed by atoms with E-state index >= 15 is 0 Å². The van der Waals surface area contributed by atoms with Gasteiger partial charge in [-0.25, -0.2) is 0 Å². The van der Waals surface area contributed by atoms with Crippen LogP contribution < -0.4 is 5.56 Å². The van der Waals surface area contributed by atoms with E-state index in [1.54, 1.807) is 6.92 Å². The van der Waals surface area contributed by atoms with E-state index in [-0.39, 0.29) is 12.2 Å². The molecule has 0 amide bonds. The average Bonchev–Trinajstić information content (AvgIpc) is 2.14. The first kappa shape index (κ1) is 10.8. The highest BCUT2D eigenvalue weighted by atomic mass is 35.5. The molecule has 0 radical (unpaired) electrons. The molecule has 0 saturated carbocycles. The molecule has 1 aromatic heterocycles. The molecule has 0 fully saturated rings. The highest BCUT2D eigenvalue weighted by Crippen LogP contribution is 2.20. The van der Waals surface area contributed by atoms with Crippen LogP contribution >= 0.6 is 11.6 Å². The summed E-state index contributed by atoms with van der Waals surface area (Å²) < 4.78 is 4.87. The van der Waals surface area contributed by atoms with Gasteiger partial charge in [-0.15, -0.1) is 0 Å². The number of halogens is 1. The molecule has 1 heterocycles. The normalized spacial score (nSPS) is 9.86. The lowest BCUT2D eigenvalue weighted by molar-refractivity contribution is 0.184. The second kappa shape index (κ2) is 4.27. The maximum absolute atomic E-state index is 11.3. The average molecular weight is 213 g/mol. The first-order valence-electron chi connectivity index (χ1n) is 3.92. The summed E-state index contributed by atoms with van der Waals surface area (Å²) in [5, 5.41) is 9.13. The fourth-order valence-electron chi connectivity index (χ4n) is 1.16. The van der Waals surface area contributed by atoms with Gasteiger partial charge in [0.15, 0.2) is 0 Å². The minimum absolute atomic E-state index is 0.0162. The molecule has 74 valence electrons. The van der Waals surface area contributed by atoms with Crippen LogP contribution in [0.4, 0.5) is 0 Å². The first-order chi connectivity index (χ1) is 6.61. The molecule has 0 aliphatic heterocycles. The van der Waals surface area contributed by atoms with Crippen molar-refractivity contribution in [2.75, 3.05) is 7.11 Å². The molecule has 5 heteroatoms. The van der Waals surface area contributed by atoms with Crippen LogP contribution in [0.25, 0.3) is 0 Å². The Kier molecular flexibility index (Phi) is 3.28. The molecular weight excluding hydrogens is 204 g/mol. The predicted molar refractivity (Wildman–Crippen MR) is 52.2 cm³/mol. The number of aromatic nitrogens is 1. The summed E-state index contributed by atoms with van der Waals surface area (Å²) in [6.07, 6.45) is 0. The summed E-state index contributed by atoms with van der Waals surface area (Å²) in [4.78, 5) is 13.8. The Hall–Kier alpha value is -1.31. The van der Waals surface area contributed by atoms with E-state index in [9.17, 15) is 4.79 Å². The highest BCUT2D eigenvalue weighted by Gasteiger charge is 2.13. The van der Waals surface area contributed by atoms with Crippen molar-refractivity contribution in [2.45, 2.75) is 13.5 Å². The van der Waals surface area contributed by atoms with Crippen LogP contribution in [-0.4, -0.2) is 12.1 Å². The number of pyridine rings is 1. The maximum atomic E-state index is 11.3. The molecule has 0 saturated heterocycles. The second-order valence-corrected chi connectivity index (χ2v) is 3.17. The summed E-state index contributed by atoms with van der Waals surface area (Å²) in [7, 11) is 1.48. The number of hydrogen-bond donors (Lipinski definition) is 1. The van der Waals surface area contributed by atoms with Gasteiger partial charge in [0, 0.05) is 18.4 Å². The van der Waals surface area contributed by atoms with Gasteiger partial charge >= 0.3 is 0 Å². The van der Waals surface area contributed by atoms with Gasteiger partial charge in [0.1, 0.15) is 11.6 Å². The van der Waals surface area contributed by atoms with Crippen LogP contribution in [0.5, 0.6) is 0 Å². The Balaban J connectivity index is 3.50. The Morgan fingerprint density at radius 2 is 2.29 bits per heavy atom. The Bertz CT molecular complexity index is 445. The number of H-pyrrole nitrogens is 1. The Morgan fingerprint density at radius 3 is 2.79 bits per heavy atom. The second-order valence-electron chi connectivity index (χ2n) is 2.79. The van der Waals surface area contributed by atoms with Crippen molar-refractivity contribution in [3.63, 3.8) is 0 Å². The lowest BCUT2D eigenvalue weighted by Crippen LogP contribution is -2.15. The van der Waals surface area contributed by atoms with Crippen LogP contribution in [0.2, 0.25) is 5.02 Å². The third-order valence-corrected chi connectivity index (χ3v) is 2.34. The van der Waals surface area contributed by atoms with Crippen LogP contribution in [0.1, 0.15) is 16.8 Å². The number of nitriles is 1. The van der Waals surface area contributed by atoms with Crippen molar-refractivity contribution < 1.29 is 4.74 Å². The number of nitrogens with zero attached hydrogens (tertiary/aromatic N) is 1. The number of hydrogen-bond acceptors (Lipinski definition) is 3. The zero-order valence-electron chi connectivity index (χ0n) is 7.85. The van der Waals surface area contributed by atoms with Crippen LogP contribution in [0.3, 0.4) is 0 Å². The lowest BCUT2D eigenvalue weighted by Gasteiger charge is -2.06. The molecule has 0 bridgehead atoms. The summed E-state index contributed by atoms with van der Waals surface area (Å²) in [5.74, 6) is 0. The number of aromatic amines is 1. The molecule has 0 aliphatic rings. The standard InChI is InChI=1S/C9H9ClN2O2/c1-5-8(10)7(4-14-2)6(3-11)9(13)12-5/h4H2,1-2H3,(H,12,13). The number of nitrogens with one attached hydrogen (secondary N) is 1. The van der Waals surface area contributed by atoms with Crippen molar-refractivity contribution in [2.24, 2.45) is 0 Å². The van der Waals surface area contributed by atoms with Gasteiger partial charge in [-0.3, -0.25) is 4.79 Å². The SMILES string of the molecule is COCc1c(Cl)c(C)[nH]c(=O)c1C#N. The van der Waals surface area contributed by atoms with E-state index in [2.05, 4.69) is 4.98 Å². The molecule has 4 nitrogen and oxygen atoms in total. The lowest BCUT2D eigenvalue weighted by atomic mass is 10.1. The van der Waals surface area contributed by atoms with Crippen molar-refractivity contribution in [3.8, 4) is 6.07 Å². The maximum Gasteiger partial charge on any atom is 0.266 e. The molecule has 0 aliphatic carbocycles. The molecule has 1 N–H and O–H groups in total. The summed E-state index contributed by atoms with van der Waals surface area (Å²) in [6.45, 7) is 1.83. The van der Waals surface area contributed by atoms with Crippen LogP contribution in [0.15, 0.2) is 4.79 Å². The summed E-state index contributed by atoms with van der Waals surface area (Å²) in [5.41, 5.74) is 0.574. The Labute approximate surface area is 86.1 Å². The van der Waals surface area contributed by atoms with Gasteiger partial charge in [0.05, 0.1) is 11.6 Å². The minimum atomic E-state index is -0.429. The largest absolute Gasteiger partial charge is 0.380 e. The molecule has 14 heavy (non-hydrogen) atoms. The smallest absolute Gasteiger partial charge is 0.266 e. The molecule has 0 spiro atoms. The number of rotatable bonds is 2.